The van der Waals surface area contributed by atoms with Crippen molar-refractivity contribution in [2.75, 3.05) is 12.3 Å². The molecular weight excluding hydrogens is 495 g/mol. The molecule has 0 aliphatic carbocycles. The van der Waals surface area contributed by atoms with Gasteiger partial charge in [-0.3, -0.25) is 4.79 Å². The van der Waals surface area contributed by atoms with Gasteiger partial charge in [0.1, 0.15) is 29.1 Å². The van der Waals surface area contributed by atoms with Gasteiger partial charge in [-0.15, -0.1) is 0 Å². The minimum atomic E-state index is -4.16. The van der Waals surface area contributed by atoms with Crippen molar-refractivity contribution in [2.24, 2.45) is 0 Å². The van der Waals surface area contributed by atoms with Crippen molar-refractivity contribution in [1.29, 1.82) is 0 Å². The zero-order valence-electron chi connectivity index (χ0n) is 19.2. The largest absolute Gasteiger partial charge is 0.381 e. The lowest BCUT2D eigenvalue weighted by Gasteiger charge is -2.32. The van der Waals surface area contributed by atoms with Gasteiger partial charge in [-0.25, -0.2) is 35.1 Å². The van der Waals surface area contributed by atoms with Gasteiger partial charge in [-0.1, -0.05) is 18.2 Å². The van der Waals surface area contributed by atoms with Gasteiger partial charge in [0, 0.05) is 11.6 Å². The molecule has 1 aliphatic rings. The predicted molar refractivity (Wildman–Crippen MR) is 119 cm³/mol. The molecule has 0 radical (unpaired) electrons. The highest BCUT2D eigenvalue weighted by atomic mass is 32.2. The van der Waals surface area contributed by atoms with Gasteiger partial charge in [0.15, 0.2) is 0 Å². The molecule has 2 aromatic rings. The summed E-state index contributed by atoms with van der Waals surface area (Å²) in [4.78, 5) is 13.4. The summed E-state index contributed by atoms with van der Waals surface area (Å²) in [6.45, 7) is 2.22. The van der Waals surface area contributed by atoms with Crippen LogP contribution in [0, 0.1) is 17.5 Å². The first-order chi connectivity index (χ1) is 16.1. The summed E-state index contributed by atoms with van der Waals surface area (Å²) in [5.41, 5.74) is -2.60. The molecule has 12 heteroatoms. The van der Waals surface area contributed by atoms with Crippen LogP contribution in [-0.2, 0) is 21.2 Å². The Bertz CT molecular complexity index is 1210. The number of nitrogens with one attached hydrogen (secondary N) is 1. The number of sulfonamides is 1. The van der Waals surface area contributed by atoms with Crippen molar-refractivity contribution in [3.63, 3.8) is 0 Å². The number of benzene rings is 2. The fourth-order valence-corrected chi connectivity index (χ4v) is 4.93. The number of hydrogen-bond donors (Lipinski definition) is 2. The minimum absolute atomic E-state index is 0.133. The maximum atomic E-state index is 15.4. The molecule has 0 bridgehead atoms. The SMILES string of the molecule is CCS(=O)(=O)NC1C(Cc2cccc(-c3cc(F)cc(F)c3)c2F)N(C(=O)C(C)(C)O)CC1(F)F. The molecule has 0 spiro atoms. The summed E-state index contributed by atoms with van der Waals surface area (Å²) >= 11 is 0. The van der Waals surface area contributed by atoms with Crippen LogP contribution in [0.5, 0.6) is 0 Å². The van der Waals surface area contributed by atoms with E-state index in [9.17, 15) is 35.9 Å². The topological polar surface area (TPSA) is 86.7 Å². The van der Waals surface area contributed by atoms with Crippen LogP contribution in [0.2, 0.25) is 0 Å². The van der Waals surface area contributed by atoms with E-state index in [0.29, 0.717) is 11.0 Å². The van der Waals surface area contributed by atoms with Crippen LogP contribution in [-0.4, -0.2) is 60.2 Å². The number of aliphatic hydroxyl groups is 1. The van der Waals surface area contributed by atoms with E-state index >= 15 is 4.39 Å². The van der Waals surface area contributed by atoms with Crippen molar-refractivity contribution < 1.29 is 40.3 Å². The second-order valence-corrected chi connectivity index (χ2v) is 11.0. The van der Waals surface area contributed by atoms with Crippen LogP contribution in [0.3, 0.4) is 0 Å². The van der Waals surface area contributed by atoms with E-state index in [1.165, 1.54) is 25.1 Å². The molecule has 1 amide bonds. The Balaban J connectivity index is 2.08. The molecular formula is C23H25F5N2O4S. The number of amides is 1. The van der Waals surface area contributed by atoms with Crippen LogP contribution < -0.4 is 4.72 Å². The normalized spacial score (nSPS) is 20.3. The summed E-state index contributed by atoms with van der Waals surface area (Å²) in [7, 11) is -4.16. The van der Waals surface area contributed by atoms with Crippen molar-refractivity contribution in [1.82, 2.24) is 9.62 Å². The van der Waals surface area contributed by atoms with Crippen LogP contribution in [0.25, 0.3) is 11.1 Å². The zero-order chi connectivity index (χ0) is 26.3. The van der Waals surface area contributed by atoms with Gasteiger partial charge in [-0.2, -0.15) is 0 Å². The van der Waals surface area contributed by atoms with Crippen molar-refractivity contribution >= 4 is 15.9 Å². The predicted octanol–water partition coefficient (Wildman–Crippen LogP) is 3.24. The Labute approximate surface area is 199 Å². The molecule has 2 aromatic carbocycles. The highest BCUT2D eigenvalue weighted by Gasteiger charge is 2.58. The van der Waals surface area contributed by atoms with Crippen LogP contribution >= 0.6 is 0 Å². The number of nitrogens with zero attached hydrogens (tertiary/aromatic N) is 1. The molecule has 1 saturated heterocycles. The molecule has 2 N–H and O–H groups in total. The summed E-state index contributed by atoms with van der Waals surface area (Å²) in [6.07, 6.45) is -0.564. The van der Waals surface area contributed by atoms with E-state index < -0.39 is 75.7 Å². The zero-order valence-corrected chi connectivity index (χ0v) is 20.0. The lowest BCUT2D eigenvalue weighted by molar-refractivity contribution is -0.149. The fraction of sp³-hybridized carbons (Fsp3) is 0.435. The van der Waals surface area contributed by atoms with E-state index in [1.54, 1.807) is 0 Å². The maximum Gasteiger partial charge on any atom is 0.283 e. The minimum Gasteiger partial charge on any atom is -0.381 e. The molecule has 1 fully saturated rings. The molecule has 0 saturated carbocycles. The number of carbonyl (C=O) groups excluding carboxylic acids is 1. The average Bonchev–Trinajstić information content (AvgIpc) is 2.97. The quantitative estimate of drug-likeness (QED) is 0.549. The Kier molecular flexibility index (Phi) is 7.31. The van der Waals surface area contributed by atoms with E-state index in [1.807, 2.05) is 4.72 Å². The van der Waals surface area contributed by atoms with Crippen LogP contribution in [0.1, 0.15) is 26.3 Å². The fourth-order valence-electron chi connectivity index (χ4n) is 4.04. The molecule has 1 heterocycles. The molecule has 2 unspecified atom stereocenters. The number of rotatable bonds is 7. The van der Waals surface area contributed by atoms with Gasteiger partial charge in [-0.05, 0) is 50.5 Å². The van der Waals surface area contributed by atoms with Crippen molar-refractivity contribution in [3.05, 3.63) is 59.4 Å². The van der Waals surface area contributed by atoms with Gasteiger partial charge in [0.05, 0.1) is 18.3 Å². The summed E-state index contributed by atoms with van der Waals surface area (Å²) in [5.74, 6) is -8.20. The van der Waals surface area contributed by atoms with E-state index in [-0.39, 0.29) is 16.7 Å². The highest BCUT2D eigenvalue weighted by Crippen LogP contribution is 2.37. The first-order valence-electron chi connectivity index (χ1n) is 10.7. The second kappa shape index (κ2) is 9.47. The molecule has 192 valence electrons. The molecule has 0 aromatic heterocycles. The van der Waals surface area contributed by atoms with Crippen molar-refractivity contribution in [3.8, 4) is 11.1 Å². The average molecular weight is 521 g/mol. The molecule has 1 aliphatic heterocycles. The number of halogens is 5. The van der Waals surface area contributed by atoms with E-state index in [2.05, 4.69) is 0 Å². The van der Waals surface area contributed by atoms with E-state index in [0.717, 1.165) is 26.0 Å². The van der Waals surface area contributed by atoms with Gasteiger partial charge >= 0.3 is 0 Å². The van der Waals surface area contributed by atoms with E-state index in [4.69, 9.17) is 0 Å². The summed E-state index contributed by atoms with van der Waals surface area (Å²) in [5, 5.41) is 10.1. The smallest absolute Gasteiger partial charge is 0.283 e. The molecule has 35 heavy (non-hydrogen) atoms. The Morgan fingerprint density at radius 1 is 1.17 bits per heavy atom. The number of hydrogen-bond acceptors (Lipinski definition) is 4. The maximum absolute atomic E-state index is 15.4. The lowest BCUT2D eigenvalue weighted by Crippen LogP contribution is -2.54. The first-order valence-corrected chi connectivity index (χ1v) is 12.4. The number of carbonyl (C=O) groups is 1. The third-order valence-electron chi connectivity index (χ3n) is 5.77. The van der Waals surface area contributed by atoms with Gasteiger partial charge < -0.3 is 10.0 Å². The Hall–Kier alpha value is -2.57. The standard InChI is InChI=1S/C23H25F5N2O4S/c1-4-35(33,34)29-20-18(30(12-23(20,27)28)21(31)22(2,3)32)10-13-6-5-7-17(19(13)26)14-8-15(24)11-16(25)9-14/h5-9,11,18,20,29,32H,4,10,12H2,1-3H3. The summed E-state index contributed by atoms with van der Waals surface area (Å²) < 4.78 is 98.9. The highest BCUT2D eigenvalue weighted by molar-refractivity contribution is 7.89. The monoisotopic (exact) mass is 520 g/mol. The van der Waals surface area contributed by atoms with Crippen LogP contribution in [0.4, 0.5) is 22.0 Å². The molecule has 6 nitrogen and oxygen atoms in total. The third kappa shape index (κ3) is 5.81. The lowest BCUT2D eigenvalue weighted by atomic mass is 9.94. The number of alkyl halides is 2. The Morgan fingerprint density at radius 3 is 2.31 bits per heavy atom. The van der Waals surface area contributed by atoms with Crippen LogP contribution in [0.15, 0.2) is 36.4 Å². The Morgan fingerprint density at radius 2 is 1.77 bits per heavy atom. The van der Waals surface area contributed by atoms with Gasteiger partial charge in [0.2, 0.25) is 10.0 Å². The molecule has 2 atom stereocenters. The summed E-state index contributed by atoms with van der Waals surface area (Å²) in [6, 6.07) is 2.56. The first kappa shape index (κ1) is 27.0. The number of likely N-dealkylation sites (tertiary alicyclic amines) is 1. The third-order valence-corrected chi connectivity index (χ3v) is 7.15. The second-order valence-electron chi connectivity index (χ2n) is 8.96. The van der Waals surface area contributed by atoms with Gasteiger partial charge in [0.25, 0.3) is 11.8 Å². The molecule has 3 rings (SSSR count). The van der Waals surface area contributed by atoms with Crippen molar-refractivity contribution in [2.45, 2.75) is 50.8 Å².